The van der Waals surface area contributed by atoms with Crippen LogP contribution in [0.3, 0.4) is 0 Å². The van der Waals surface area contributed by atoms with Crippen LogP contribution in [0.2, 0.25) is 0 Å². The molecule has 1 aromatic carbocycles. The van der Waals surface area contributed by atoms with Crippen LogP contribution < -0.4 is 11.1 Å². The van der Waals surface area contributed by atoms with Crippen LogP contribution in [0, 0.1) is 11.7 Å². The van der Waals surface area contributed by atoms with Gasteiger partial charge in [0.05, 0.1) is 0 Å². The quantitative estimate of drug-likeness (QED) is 0.893. The second-order valence-electron chi connectivity index (χ2n) is 6.20. The third-order valence-corrected chi connectivity index (χ3v) is 3.27. The van der Waals surface area contributed by atoms with E-state index in [2.05, 4.69) is 5.32 Å². The lowest BCUT2D eigenvalue weighted by atomic mass is 10.1. The zero-order valence-corrected chi connectivity index (χ0v) is 12.1. The normalized spacial score (nSPS) is 21.4. The topological polar surface area (TPSA) is 64.3 Å². The molecular formula is C15H21FN2O2. The van der Waals surface area contributed by atoms with E-state index < -0.39 is 11.7 Å². The Kier molecular flexibility index (Phi) is 3.99. The molecule has 20 heavy (non-hydrogen) atoms. The average Bonchev–Trinajstić information content (AvgIpc) is 3.08. The maximum Gasteiger partial charge on any atom is 0.412 e. The SMILES string of the molecule is CC(C)(C)OC(=O)Nc1ccc(F)cc1[C@@H]1C[C@H]1CN. The number of hydrogen-bond acceptors (Lipinski definition) is 3. The highest BCUT2D eigenvalue weighted by molar-refractivity contribution is 5.86. The van der Waals surface area contributed by atoms with Crippen molar-refractivity contribution in [2.75, 3.05) is 11.9 Å². The van der Waals surface area contributed by atoms with E-state index in [4.69, 9.17) is 10.5 Å². The molecule has 1 aliphatic rings. The van der Waals surface area contributed by atoms with Crippen LogP contribution in [0.4, 0.5) is 14.9 Å². The molecule has 0 saturated heterocycles. The molecule has 1 amide bonds. The summed E-state index contributed by atoms with van der Waals surface area (Å²) >= 11 is 0. The summed E-state index contributed by atoms with van der Waals surface area (Å²) in [4.78, 5) is 11.8. The molecule has 5 heteroatoms. The molecule has 4 nitrogen and oxygen atoms in total. The van der Waals surface area contributed by atoms with Crippen molar-refractivity contribution in [2.45, 2.75) is 38.7 Å². The molecule has 1 saturated carbocycles. The number of nitrogens with one attached hydrogen (secondary N) is 1. The average molecular weight is 280 g/mol. The number of benzene rings is 1. The summed E-state index contributed by atoms with van der Waals surface area (Å²) in [5.41, 5.74) is 6.46. The van der Waals surface area contributed by atoms with Crippen molar-refractivity contribution >= 4 is 11.8 Å². The summed E-state index contributed by atoms with van der Waals surface area (Å²) in [5.74, 6) is 0.286. The van der Waals surface area contributed by atoms with Crippen molar-refractivity contribution in [3.8, 4) is 0 Å². The second-order valence-corrected chi connectivity index (χ2v) is 6.20. The Labute approximate surface area is 118 Å². The number of anilines is 1. The van der Waals surface area contributed by atoms with E-state index in [0.717, 1.165) is 12.0 Å². The third-order valence-electron chi connectivity index (χ3n) is 3.27. The fraction of sp³-hybridized carbons (Fsp3) is 0.533. The smallest absolute Gasteiger partial charge is 0.412 e. The molecule has 1 aliphatic carbocycles. The summed E-state index contributed by atoms with van der Waals surface area (Å²) in [7, 11) is 0. The van der Waals surface area contributed by atoms with Gasteiger partial charge in [0.1, 0.15) is 11.4 Å². The zero-order valence-electron chi connectivity index (χ0n) is 12.1. The number of carbonyl (C=O) groups is 1. The van der Waals surface area contributed by atoms with Gasteiger partial charge in [-0.3, -0.25) is 5.32 Å². The van der Waals surface area contributed by atoms with Gasteiger partial charge in [0, 0.05) is 5.69 Å². The van der Waals surface area contributed by atoms with E-state index in [1.54, 1.807) is 26.8 Å². The number of amides is 1. The number of rotatable bonds is 3. The van der Waals surface area contributed by atoms with Crippen molar-refractivity contribution in [2.24, 2.45) is 11.7 Å². The molecule has 0 spiro atoms. The highest BCUT2D eigenvalue weighted by Crippen LogP contribution is 2.49. The molecule has 2 rings (SSSR count). The molecule has 0 unspecified atom stereocenters. The molecule has 0 aromatic heterocycles. The maximum atomic E-state index is 13.4. The Morgan fingerprint density at radius 3 is 2.75 bits per heavy atom. The maximum absolute atomic E-state index is 13.4. The van der Waals surface area contributed by atoms with E-state index in [0.29, 0.717) is 18.2 Å². The van der Waals surface area contributed by atoms with Crippen LogP contribution in [-0.4, -0.2) is 18.2 Å². The van der Waals surface area contributed by atoms with Crippen LogP contribution in [0.5, 0.6) is 0 Å². The molecule has 3 N–H and O–H groups in total. The molecule has 1 fully saturated rings. The number of ether oxygens (including phenoxy) is 1. The molecule has 1 aromatic rings. The standard InChI is InChI=1S/C15H21FN2O2/c1-15(2,3)20-14(19)18-13-5-4-10(16)7-12(13)11-6-9(11)8-17/h4-5,7,9,11H,6,8,17H2,1-3H3,(H,18,19)/t9-,11+/m0/s1. The van der Waals surface area contributed by atoms with E-state index in [9.17, 15) is 9.18 Å². The summed E-state index contributed by atoms with van der Waals surface area (Å²) in [6.07, 6.45) is 0.401. The first-order valence-electron chi connectivity index (χ1n) is 6.79. The lowest BCUT2D eigenvalue weighted by Crippen LogP contribution is -2.27. The van der Waals surface area contributed by atoms with Crippen LogP contribution >= 0.6 is 0 Å². The van der Waals surface area contributed by atoms with Gasteiger partial charge in [0.15, 0.2) is 0 Å². The van der Waals surface area contributed by atoms with Gasteiger partial charge in [-0.05, 0) is 69.3 Å². The fourth-order valence-corrected chi connectivity index (χ4v) is 2.26. The lowest BCUT2D eigenvalue weighted by molar-refractivity contribution is 0.0635. The van der Waals surface area contributed by atoms with Gasteiger partial charge in [-0.1, -0.05) is 0 Å². The Balaban J connectivity index is 2.13. The van der Waals surface area contributed by atoms with E-state index in [-0.39, 0.29) is 11.7 Å². The van der Waals surface area contributed by atoms with E-state index >= 15 is 0 Å². The largest absolute Gasteiger partial charge is 0.444 e. The Morgan fingerprint density at radius 2 is 2.20 bits per heavy atom. The predicted octanol–water partition coefficient (Wildman–Crippen LogP) is 3.23. The zero-order chi connectivity index (χ0) is 14.9. The minimum atomic E-state index is -0.566. The predicted molar refractivity (Wildman–Crippen MR) is 76.2 cm³/mol. The Bertz CT molecular complexity index is 511. The van der Waals surface area contributed by atoms with Gasteiger partial charge in [0.2, 0.25) is 0 Å². The van der Waals surface area contributed by atoms with Gasteiger partial charge in [-0.25, -0.2) is 9.18 Å². The van der Waals surface area contributed by atoms with Crippen LogP contribution in [0.1, 0.15) is 38.7 Å². The minimum Gasteiger partial charge on any atom is -0.444 e. The van der Waals surface area contributed by atoms with Crippen molar-refractivity contribution in [1.82, 2.24) is 0 Å². The van der Waals surface area contributed by atoms with Gasteiger partial charge in [-0.15, -0.1) is 0 Å². The Hall–Kier alpha value is -1.62. The number of carbonyl (C=O) groups excluding carboxylic acids is 1. The van der Waals surface area contributed by atoms with Gasteiger partial charge >= 0.3 is 6.09 Å². The van der Waals surface area contributed by atoms with Crippen LogP contribution in [-0.2, 0) is 4.74 Å². The highest BCUT2D eigenvalue weighted by atomic mass is 19.1. The third kappa shape index (κ3) is 3.70. The lowest BCUT2D eigenvalue weighted by Gasteiger charge is -2.20. The molecule has 2 atom stereocenters. The second kappa shape index (κ2) is 5.40. The molecule has 0 aliphatic heterocycles. The summed E-state index contributed by atoms with van der Waals surface area (Å²) in [6.45, 7) is 5.96. The fourth-order valence-electron chi connectivity index (χ4n) is 2.26. The van der Waals surface area contributed by atoms with Gasteiger partial charge < -0.3 is 10.5 Å². The van der Waals surface area contributed by atoms with Crippen LogP contribution in [0.15, 0.2) is 18.2 Å². The number of halogens is 1. The molecule has 0 radical (unpaired) electrons. The first kappa shape index (κ1) is 14.8. The summed E-state index contributed by atoms with van der Waals surface area (Å²) in [5, 5.41) is 2.69. The molecule has 110 valence electrons. The molecule has 0 bridgehead atoms. The van der Waals surface area contributed by atoms with Crippen molar-refractivity contribution in [3.63, 3.8) is 0 Å². The Morgan fingerprint density at radius 1 is 1.50 bits per heavy atom. The highest BCUT2D eigenvalue weighted by Gasteiger charge is 2.38. The number of nitrogens with two attached hydrogens (primary N) is 1. The van der Waals surface area contributed by atoms with Crippen molar-refractivity contribution in [3.05, 3.63) is 29.6 Å². The van der Waals surface area contributed by atoms with Crippen molar-refractivity contribution < 1.29 is 13.9 Å². The minimum absolute atomic E-state index is 0.223. The summed E-state index contributed by atoms with van der Waals surface area (Å²) < 4.78 is 18.6. The monoisotopic (exact) mass is 280 g/mol. The first-order valence-corrected chi connectivity index (χ1v) is 6.79. The van der Waals surface area contributed by atoms with E-state index in [1.807, 2.05) is 0 Å². The first-order chi connectivity index (χ1) is 9.30. The van der Waals surface area contributed by atoms with Gasteiger partial charge in [-0.2, -0.15) is 0 Å². The summed E-state index contributed by atoms with van der Waals surface area (Å²) in [6, 6.07) is 4.36. The number of hydrogen-bond donors (Lipinski definition) is 2. The molecular weight excluding hydrogens is 259 g/mol. The van der Waals surface area contributed by atoms with Crippen LogP contribution in [0.25, 0.3) is 0 Å². The van der Waals surface area contributed by atoms with Gasteiger partial charge in [0.25, 0.3) is 0 Å². The molecule has 0 heterocycles. The van der Waals surface area contributed by atoms with Crippen molar-refractivity contribution in [1.29, 1.82) is 0 Å². The van der Waals surface area contributed by atoms with E-state index in [1.165, 1.54) is 12.1 Å².